The summed E-state index contributed by atoms with van der Waals surface area (Å²) in [5.74, 6) is -0.195. The second-order valence-electron chi connectivity index (χ2n) is 5.78. The first-order valence-electron chi connectivity index (χ1n) is 8.27. The minimum absolute atomic E-state index is 0.0381. The first-order chi connectivity index (χ1) is 13.3. The molecule has 0 aliphatic carbocycles. The van der Waals surface area contributed by atoms with Crippen molar-refractivity contribution in [3.63, 3.8) is 0 Å². The Morgan fingerprint density at radius 3 is 2.71 bits per heavy atom. The number of halogens is 4. The monoisotopic (exact) mass is 412 g/mol. The number of aromatic amines is 1. The van der Waals surface area contributed by atoms with Gasteiger partial charge in [0.05, 0.1) is 16.0 Å². The highest BCUT2D eigenvalue weighted by molar-refractivity contribution is 6.34. The van der Waals surface area contributed by atoms with Crippen molar-refractivity contribution in [2.45, 2.75) is 13.1 Å². The number of carbonyl (C=O) groups is 1. The van der Waals surface area contributed by atoms with Gasteiger partial charge in [0.2, 0.25) is 5.95 Å². The van der Waals surface area contributed by atoms with Crippen LogP contribution in [0.1, 0.15) is 17.3 Å². The van der Waals surface area contributed by atoms with Crippen molar-refractivity contribution in [3.8, 4) is 0 Å². The van der Waals surface area contributed by atoms with Gasteiger partial charge in [0.25, 0.3) is 5.91 Å². The number of hydrogen-bond acceptors (Lipinski definition) is 5. The van der Waals surface area contributed by atoms with Crippen LogP contribution in [0, 0.1) is 0 Å². The van der Waals surface area contributed by atoms with Crippen LogP contribution in [0.2, 0.25) is 5.02 Å². The van der Waals surface area contributed by atoms with Crippen LogP contribution in [0.5, 0.6) is 0 Å². The van der Waals surface area contributed by atoms with Gasteiger partial charge in [-0.25, -0.2) is 0 Å². The van der Waals surface area contributed by atoms with E-state index in [1.807, 2.05) is 0 Å². The summed E-state index contributed by atoms with van der Waals surface area (Å²) in [7, 11) is 0. The Morgan fingerprint density at radius 2 is 2.04 bits per heavy atom. The SMILES string of the molecule is CCNC(=O)c1ccc(Nc2nc(NCC(F)(F)F)c3cc[nH]c3n2)cc1Cl. The van der Waals surface area contributed by atoms with E-state index < -0.39 is 12.7 Å². The number of aromatic nitrogens is 3. The zero-order valence-electron chi connectivity index (χ0n) is 14.6. The Balaban J connectivity index is 1.86. The number of benzene rings is 1. The van der Waals surface area contributed by atoms with Crippen molar-refractivity contribution in [2.75, 3.05) is 23.7 Å². The van der Waals surface area contributed by atoms with E-state index in [1.54, 1.807) is 25.3 Å². The molecule has 0 atom stereocenters. The third-order valence-electron chi connectivity index (χ3n) is 3.68. The molecule has 0 spiro atoms. The number of nitrogens with zero attached hydrogens (tertiary/aromatic N) is 2. The van der Waals surface area contributed by atoms with E-state index >= 15 is 0 Å². The molecule has 0 fully saturated rings. The molecular weight excluding hydrogens is 397 g/mol. The van der Waals surface area contributed by atoms with Crippen LogP contribution in [-0.4, -0.2) is 40.1 Å². The Bertz CT molecular complexity index is 1000. The number of fused-ring (bicyclic) bond motifs is 1. The van der Waals surface area contributed by atoms with Crippen LogP contribution >= 0.6 is 11.6 Å². The molecule has 1 aromatic carbocycles. The maximum absolute atomic E-state index is 12.5. The number of H-pyrrole nitrogens is 1. The van der Waals surface area contributed by atoms with E-state index in [-0.39, 0.29) is 22.7 Å². The van der Waals surface area contributed by atoms with E-state index in [0.29, 0.717) is 28.8 Å². The Hall–Kier alpha value is -3.01. The van der Waals surface area contributed by atoms with Crippen molar-refractivity contribution >= 4 is 46.0 Å². The summed E-state index contributed by atoms with van der Waals surface area (Å²) in [6, 6.07) is 6.22. The highest BCUT2D eigenvalue weighted by Gasteiger charge is 2.27. The molecular formula is C17H16ClF3N6O. The van der Waals surface area contributed by atoms with E-state index in [0.717, 1.165) is 0 Å². The summed E-state index contributed by atoms with van der Waals surface area (Å²) in [6.45, 7) is 1.03. The van der Waals surface area contributed by atoms with Crippen LogP contribution in [0.4, 0.5) is 30.6 Å². The van der Waals surface area contributed by atoms with Gasteiger partial charge in [-0.1, -0.05) is 11.6 Å². The molecule has 0 bridgehead atoms. The zero-order valence-corrected chi connectivity index (χ0v) is 15.4. The number of rotatable bonds is 6. The normalized spacial score (nSPS) is 11.5. The van der Waals surface area contributed by atoms with E-state index in [9.17, 15) is 18.0 Å². The molecule has 4 N–H and O–H groups in total. The fourth-order valence-electron chi connectivity index (χ4n) is 2.48. The van der Waals surface area contributed by atoms with Crippen LogP contribution in [0.25, 0.3) is 11.0 Å². The second kappa shape index (κ2) is 7.93. The molecule has 3 rings (SSSR count). The number of carbonyl (C=O) groups excluding carboxylic acids is 1. The minimum Gasteiger partial charge on any atom is -0.360 e. The molecule has 148 valence electrons. The summed E-state index contributed by atoms with van der Waals surface area (Å²) < 4.78 is 37.6. The van der Waals surface area contributed by atoms with Crippen molar-refractivity contribution in [3.05, 3.63) is 41.0 Å². The van der Waals surface area contributed by atoms with Gasteiger partial charge >= 0.3 is 6.18 Å². The highest BCUT2D eigenvalue weighted by atomic mass is 35.5. The fourth-order valence-corrected chi connectivity index (χ4v) is 2.74. The number of amides is 1. The van der Waals surface area contributed by atoms with Crippen molar-refractivity contribution < 1.29 is 18.0 Å². The predicted octanol–water partition coefficient (Wildman–Crippen LogP) is 4.08. The molecule has 3 aromatic rings. The first kappa shape index (κ1) is 19.7. The lowest BCUT2D eigenvalue weighted by Gasteiger charge is -2.12. The van der Waals surface area contributed by atoms with Crippen molar-refractivity contribution in [2.24, 2.45) is 0 Å². The Morgan fingerprint density at radius 1 is 1.25 bits per heavy atom. The topological polar surface area (TPSA) is 94.7 Å². The van der Waals surface area contributed by atoms with Gasteiger partial charge < -0.3 is 20.9 Å². The molecule has 0 saturated heterocycles. The summed E-state index contributed by atoms with van der Waals surface area (Å²) in [6.07, 6.45) is -2.83. The average molecular weight is 413 g/mol. The standard InChI is InChI=1S/C17H16ClF3N6O/c1-2-22-15(28)10-4-3-9(7-12(10)18)25-16-26-13-11(5-6-23-13)14(27-16)24-8-17(19,20)21/h3-7H,2,8H2,1H3,(H,22,28)(H3,23,24,25,26,27). The van der Waals surface area contributed by atoms with Crippen LogP contribution in [0.3, 0.4) is 0 Å². The zero-order chi connectivity index (χ0) is 20.3. The van der Waals surface area contributed by atoms with E-state index in [1.165, 1.54) is 12.1 Å². The average Bonchev–Trinajstić information content (AvgIpc) is 3.08. The molecule has 0 aliphatic rings. The molecule has 28 heavy (non-hydrogen) atoms. The molecule has 1 amide bonds. The third-order valence-corrected chi connectivity index (χ3v) is 3.99. The van der Waals surface area contributed by atoms with Gasteiger partial charge in [0.1, 0.15) is 18.0 Å². The van der Waals surface area contributed by atoms with Gasteiger partial charge in [-0.05, 0) is 31.2 Å². The lowest BCUT2D eigenvalue weighted by atomic mass is 10.2. The second-order valence-corrected chi connectivity index (χ2v) is 6.19. The molecule has 7 nitrogen and oxygen atoms in total. The molecule has 0 aliphatic heterocycles. The van der Waals surface area contributed by atoms with Crippen molar-refractivity contribution in [1.82, 2.24) is 20.3 Å². The Kier molecular flexibility index (Phi) is 5.59. The van der Waals surface area contributed by atoms with Crippen LogP contribution < -0.4 is 16.0 Å². The highest BCUT2D eigenvalue weighted by Crippen LogP contribution is 2.26. The van der Waals surface area contributed by atoms with E-state index in [4.69, 9.17) is 11.6 Å². The molecule has 2 aromatic heterocycles. The van der Waals surface area contributed by atoms with Crippen molar-refractivity contribution in [1.29, 1.82) is 0 Å². The van der Waals surface area contributed by atoms with Crippen LogP contribution in [0.15, 0.2) is 30.5 Å². The number of nitrogens with one attached hydrogen (secondary N) is 4. The van der Waals surface area contributed by atoms with Gasteiger partial charge in [-0.15, -0.1) is 0 Å². The van der Waals surface area contributed by atoms with E-state index in [2.05, 4.69) is 30.9 Å². The maximum atomic E-state index is 12.5. The quantitative estimate of drug-likeness (QED) is 0.489. The number of hydrogen-bond donors (Lipinski definition) is 4. The van der Waals surface area contributed by atoms with Gasteiger partial charge in [-0.3, -0.25) is 4.79 Å². The smallest absolute Gasteiger partial charge is 0.360 e. The summed E-state index contributed by atoms with van der Waals surface area (Å²) in [4.78, 5) is 23.1. The van der Waals surface area contributed by atoms with Gasteiger partial charge in [0, 0.05) is 18.4 Å². The molecule has 11 heteroatoms. The minimum atomic E-state index is -4.39. The lowest BCUT2D eigenvalue weighted by molar-refractivity contribution is -0.115. The molecule has 0 unspecified atom stereocenters. The fraction of sp³-hybridized carbons (Fsp3) is 0.235. The molecule has 2 heterocycles. The predicted molar refractivity (Wildman–Crippen MR) is 101 cm³/mol. The summed E-state index contributed by atoms with van der Waals surface area (Å²) in [5.41, 5.74) is 1.15. The maximum Gasteiger partial charge on any atom is 0.405 e. The largest absolute Gasteiger partial charge is 0.405 e. The molecule has 0 saturated carbocycles. The summed E-state index contributed by atoms with van der Waals surface area (Å²) in [5, 5.41) is 8.45. The van der Waals surface area contributed by atoms with Gasteiger partial charge in [-0.2, -0.15) is 23.1 Å². The first-order valence-corrected chi connectivity index (χ1v) is 8.65. The molecule has 0 radical (unpaired) electrons. The Labute approximate surface area is 162 Å². The lowest BCUT2D eigenvalue weighted by Crippen LogP contribution is -2.23. The number of alkyl halides is 3. The summed E-state index contributed by atoms with van der Waals surface area (Å²) >= 11 is 6.15. The number of anilines is 3. The third kappa shape index (κ3) is 4.63. The van der Waals surface area contributed by atoms with Gasteiger partial charge in [0.15, 0.2) is 0 Å². The van der Waals surface area contributed by atoms with Crippen LogP contribution in [-0.2, 0) is 0 Å².